The molecule has 0 unspecified atom stereocenters. The van der Waals surface area contributed by atoms with E-state index in [2.05, 4.69) is 10.1 Å². The fourth-order valence-corrected chi connectivity index (χ4v) is 1.31. The van der Waals surface area contributed by atoms with Crippen LogP contribution in [0.15, 0.2) is 12.5 Å². The number of nitrogens with zero attached hydrogens (tertiary/aromatic N) is 3. The summed E-state index contributed by atoms with van der Waals surface area (Å²) in [5, 5.41) is 3.89. The van der Waals surface area contributed by atoms with Crippen LogP contribution in [0, 0.1) is 19.7 Å². The van der Waals surface area contributed by atoms with Gasteiger partial charge < -0.3 is 0 Å². The predicted molar refractivity (Wildman–Crippen MR) is 42.4 cm³/mol. The highest BCUT2D eigenvalue weighted by Gasteiger charge is 2.08. The molecule has 0 radical (unpaired) electrons. The molecule has 0 N–H and O–H groups in total. The Labute approximate surface area is 68.9 Å². The van der Waals surface area contributed by atoms with Gasteiger partial charge >= 0.3 is 0 Å². The van der Waals surface area contributed by atoms with Crippen molar-refractivity contribution in [3.63, 3.8) is 0 Å². The predicted octanol–water partition coefficient (Wildman–Crippen LogP) is 1.49. The number of aryl methyl sites for hydroxylation is 2. The number of hydrogen-bond acceptors (Lipinski definition) is 2. The van der Waals surface area contributed by atoms with E-state index in [0.717, 1.165) is 11.2 Å². The minimum atomic E-state index is -0.237. The summed E-state index contributed by atoms with van der Waals surface area (Å²) < 4.78 is 14.5. The van der Waals surface area contributed by atoms with Crippen molar-refractivity contribution in [3.8, 4) is 0 Å². The quantitative estimate of drug-likeness (QED) is 0.592. The molecule has 2 rings (SSSR count). The van der Waals surface area contributed by atoms with Gasteiger partial charge in [0, 0.05) is 5.56 Å². The van der Waals surface area contributed by atoms with Crippen LogP contribution in [-0.2, 0) is 0 Å². The molecule has 4 heteroatoms. The van der Waals surface area contributed by atoms with E-state index in [1.807, 2.05) is 6.92 Å². The molecule has 0 bridgehead atoms. The van der Waals surface area contributed by atoms with E-state index >= 15 is 0 Å². The van der Waals surface area contributed by atoms with Crippen LogP contribution in [0.4, 0.5) is 4.39 Å². The van der Waals surface area contributed by atoms with Gasteiger partial charge in [-0.15, -0.1) is 0 Å². The third-order valence-corrected chi connectivity index (χ3v) is 1.95. The van der Waals surface area contributed by atoms with Crippen LogP contribution in [0.2, 0.25) is 0 Å². The van der Waals surface area contributed by atoms with Gasteiger partial charge in [-0.2, -0.15) is 5.10 Å². The molecular weight excluding hydrogens is 157 g/mol. The largest absolute Gasteiger partial charge is 0.238 e. The number of rotatable bonds is 0. The van der Waals surface area contributed by atoms with Crippen molar-refractivity contribution in [2.75, 3.05) is 0 Å². The van der Waals surface area contributed by atoms with E-state index in [9.17, 15) is 4.39 Å². The molecule has 0 aliphatic heterocycles. The van der Waals surface area contributed by atoms with Gasteiger partial charge in [0.05, 0.1) is 17.4 Å². The number of fused-ring (bicyclic) bond motifs is 1. The average Bonchev–Trinajstić information content (AvgIpc) is 2.29. The Morgan fingerprint density at radius 3 is 2.83 bits per heavy atom. The lowest BCUT2D eigenvalue weighted by Crippen LogP contribution is -1.94. The molecule has 12 heavy (non-hydrogen) atoms. The molecule has 0 amide bonds. The fraction of sp³-hybridized carbons (Fsp3) is 0.250. The molecule has 0 aliphatic carbocycles. The molecule has 0 spiro atoms. The van der Waals surface area contributed by atoms with Crippen molar-refractivity contribution in [1.82, 2.24) is 14.6 Å². The fourth-order valence-electron chi connectivity index (χ4n) is 1.31. The normalized spacial score (nSPS) is 10.9. The summed E-state index contributed by atoms with van der Waals surface area (Å²) in [6, 6.07) is 0. The number of aromatic nitrogens is 3. The van der Waals surface area contributed by atoms with Crippen LogP contribution in [0.25, 0.3) is 5.52 Å². The second-order valence-corrected chi connectivity index (χ2v) is 2.74. The molecule has 0 aromatic carbocycles. The van der Waals surface area contributed by atoms with Crippen LogP contribution >= 0.6 is 0 Å². The van der Waals surface area contributed by atoms with Crippen molar-refractivity contribution >= 4 is 5.52 Å². The second kappa shape index (κ2) is 2.27. The van der Waals surface area contributed by atoms with E-state index in [0.29, 0.717) is 5.56 Å². The zero-order valence-corrected chi connectivity index (χ0v) is 6.87. The van der Waals surface area contributed by atoms with Crippen LogP contribution in [-0.4, -0.2) is 14.6 Å². The highest BCUT2D eigenvalue weighted by Crippen LogP contribution is 2.16. The maximum Gasteiger partial charge on any atom is 0.146 e. The molecule has 0 saturated carbocycles. The van der Waals surface area contributed by atoms with Gasteiger partial charge in [0.2, 0.25) is 0 Å². The van der Waals surface area contributed by atoms with Gasteiger partial charge in [-0.05, 0) is 13.8 Å². The molecule has 0 fully saturated rings. The molecular formula is C8H8FN3. The van der Waals surface area contributed by atoms with Gasteiger partial charge in [-0.3, -0.25) is 0 Å². The molecule has 62 valence electrons. The summed E-state index contributed by atoms with van der Waals surface area (Å²) in [6.45, 7) is 3.56. The van der Waals surface area contributed by atoms with E-state index < -0.39 is 0 Å². The first-order valence-electron chi connectivity index (χ1n) is 3.65. The third-order valence-electron chi connectivity index (χ3n) is 1.95. The van der Waals surface area contributed by atoms with Gasteiger partial charge in [-0.25, -0.2) is 13.9 Å². The Bertz CT molecular complexity index is 433. The summed E-state index contributed by atoms with van der Waals surface area (Å²) in [7, 11) is 0. The van der Waals surface area contributed by atoms with Crippen LogP contribution < -0.4 is 0 Å². The summed E-state index contributed by atoms with van der Waals surface area (Å²) in [6.07, 6.45) is 2.78. The smallest absolute Gasteiger partial charge is 0.146 e. The second-order valence-electron chi connectivity index (χ2n) is 2.74. The van der Waals surface area contributed by atoms with Crippen molar-refractivity contribution in [1.29, 1.82) is 0 Å². The van der Waals surface area contributed by atoms with Crippen LogP contribution in [0.3, 0.4) is 0 Å². The molecule has 0 aliphatic rings. The van der Waals surface area contributed by atoms with E-state index in [-0.39, 0.29) is 5.82 Å². The lowest BCUT2D eigenvalue weighted by atomic mass is 10.2. The third kappa shape index (κ3) is 0.809. The first kappa shape index (κ1) is 7.21. The monoisotopic (exact) mass is 165 g/mol. The van der Waals surface area contributed by atoms with Crippen LogP contribution in [0.1, 0.15) is 11.3 Å². The lowest BCUT2D eigenvalue weighted by molar-refractivity contribution is 0.618. The molecule has 3 nitrogen and oxygen atoms in total. The highest BCUT2D eigenvalue weighted by molar-refractivity contribution is 5.57. The van der Waals surface area contributed by atoms with Gasteiger partial charge in [-0.1, -0.05) is 0 Å². The van der Waals surface area contributed by atoms with Crippen molar-refractivity contribution in [3.05, 3.63) is 29.6 Å². The molecule has 2 aromatic rings. The van der Waals surface area contributed by atoms with Gasteiger partial charge in [0.25, 0.3) is 0 Å². The summed E-state index contributed by atoms with van der Waals surface area (Å²) in [5.41, 5.74) is 2.16. The maximum atomic E-state index is 13.0. The van der Waals surface area contributed by atoms with Crippen molar-refractivity contribution in [2.24, 2.45) is 0 Å². The molecule has 2 heterocycles. The minimum absolute atomic E-state index is 0.237. The van der Waals surface area contributed by atoms with Gasteiger partial charge in [0.15, 0.2) is 0 Å². The SMILES string of the molecule is Cc1ncnn2cc(F)c(C)c12. The Morgan fingerprint density at radius 2 is 2.17 bits per heavy atom. The zero-order chi connectivity index (χ0) is 8.72. The van der Waals surface area contributed by atoms with E-state index in [1.165, 1.54) is 17.0 Å². The molecule has 0 saturated heterocycles. The van der Waals surface area contributed by atoms with Gasteiger partial charge in [0.1, 0.15) is 12.1 Å². The Morgan fingerprint density at radius 1 is 1.42 bits per heavy atom. The Hall–Kier alpha value is -1.45. The number of halogens is 1. The van der Waals surface area contributed by atoms with E-state index in [4.69, 9.17) is 0 Å². The molecule has 0 atom stereocenters. The summed E-state index contributed by atoms with van der Waals surface area (Å²) >= 11 is 0. The van der Waals surface area contributed by atoms with Crippen LogP contribution in [0.5, 0.6) is 0 Å². The maximum absolute atomic E-state index is 13.0. The highest BCUT2D eigenvalue weighted by atomic mass is 19.1. The average molecular weight is 165 g/mol. The Balaban J connectivity index is 2.97. The standard InChI is InChI=1S/C8H8FN3/c1-5-7(9)3-12-8(5)6(2)10-4-11-12/h3-4H,1-2H3. The lowest BCUT2D eigenvalue weighted by Gasteiger charge is -1.96. The zero-order valence-electron chi connectivity index (χ0n) is 6.87. The van der Waals surface area contributed by atoms with E-state index in [1.54, 1.807) is 6.92 Å². The first-order chi connectivity index (χ1) is 5.70. The van der Waals surface area contributed by atoms with Crippen molar-refractivity contribution < 1.29 is 4.39 Å². The first-order valence-corrected chi connectivity index (χ1v) is 3.65. The summed E-state index contributed by atoms with van der Waals surface area (Å²) in [5.74, 6) is -0.237. The summed E-state index contributed by atoms with van der Waals surface area (Å²) in [4.78, 5) is 3.98. The minimum Gasteiger partial charge on any atom is -0.238 e. The Kier molecular flexibility index (Phi) is 1.36. The topological polar surface area (TPSA) is 30.2 Å². The molecule has 2 aromatic heterocycles. The number of hydrogen-bond donors (Lipinski definition) is 0. The van der Waals surface area contributed by atoms with Crippen molar-refractivity contribution in [2.45, 2.75) is 13.8 Å².